The number of hydrogen-bond donors (Lipinski definition) is 1. The quantitative estimate of drug-likeness (QED) is 0.879. The first-order valence-electron chi connectivity index (χ1n) is 9.26. The lowest BCUT2D eigenvalue weighted by Crippen LogP contribution is -2.51. The Balaban J connectivity index is 1.49. The summed E-state index contributed by atoms with van der Waals surface area (Å²) in [7, 11) is 2.18. The first-order valence-corrected chi connectivity index (χ1v) is 9.26. The Bertz CT molecular complexity index is 562. The second-order valence-electron chi connectivity index (χ2n) is 7.33. The van der Waals surface area contributed by atoms with E-state index in [1.165, 1.54) is 18.5 Å². The third-order valence-electron chi connectivity index (χ3n) is 5.75. The van der Waals surface area contributed by atoms with Gasteiger partial charge in [-0.15, -0.1) is 0 Å². The van der Waals surface area contributed by atoms with Crippen LogP contribution in [0.25, 0.3) is 0 Å². The number of aryl methyl sites for hydroxylation is 1. The number of rotatable bonds is 5. The molecular weight excluding hydrogens is 302 g/mol. The van der Waals surface area contributed by atoms with Gasteiger partial charge in [-0.1, -0.05) is 0 Å². The van der Waals surface area contributed by atoms with Gasteiger partial charge in [0, 0.05) is 24.8 Å². The zero-order valence-electron chi connectivity index (χ0n) is 15.3. The second kappa shape index (κ2) is 7.66. The number of amides is 1. The molecule has 24 heavy (non-hydrogen) atoms. The molecule has 6 heteroatoms. The van der Waals surface area contributed by atoms with Crippen LogP contribution in [0.4, 0.5) is 0 Å². The van der Waals surface area contributed by atoms with E-state index >= 15 is 0 Å². The molecule has 0 aromatic carbocycles. The third kappa shape index (κ3) is 3.81. The molecule has 6 nitrogen and oxygen atoms in total. The van der Waals surface area contributed by atoms with Crippen molar-refractivity contribution in [3.05, 3.63) is 17.7 Å². The lowest BCUT2D eigenvalue weighted by Gasteiger charge is -2.37. The van der Waals surface area contributed by atoms with Gasteiger partial charge in [-0.3, -0.25) is 9.69 Å². The van der Waals surface area contributed by atoms with Gasteiger partial charge in [-0.25, -0.2) is 4.98 Å². The SMILES string of the molecule is Cc1ncn(CCNC(=O)[C@@H]2CCCN2C2CCN(C)CC2)c1C. The van der Waals surface area contributed by atoms with Crippen molar-refractivity contribution in [1.29, 1.82) is 0 Å². The summed E-state index contributed by atoms with van der Waals surface area (Å²) in [4.78, 5) is 21.8. The molecule has 0 saturated carbocycles. The molecule has 1 N–H and O–H groups in total. The first-order chi connectivity index (χ1) is 11.6. The third-order valence-corrected chi connectivity index (χ3v) is 5.75. The van der Waals surface area contributed by atoms with Crippen LogP contribution in [0.2, 0.25) is 0 Å². The molecule has 0 radical (unpaired) electrons. The van der Waals surface area contributed by atoms with E-state index in [-0.39, 0.29) is 11.9 Å². The zero-order valence-corrected chi connectivity index (χ0v) is 15.3. The summed E-state index contributed by atoms with van der Waals surface area (Å²) in [6, 6.07) is 0.655. The minimum Gasteiger partial charge on any atom is -0.353 e. The van der Waals surface area contributed by atoms with E-state index < -0.39 is 0 Å². The van der Waals surface area contributed by atoms with Crippen molar-refractivity contribution in [3.63, 3.8) is 0 Å². The van der Waals surface area contributed by atoms with Crippen LogP contribution < -0.4 is 5.32 Å². The highest BCUT2D eigenvalue weighted by Crippen LogP contribution is 2.25. The van der Waals surface area contributed by atoms with E-state index in [0.29, 0.717) is 12.6 Å². The summed E-state index contributed by atoms with van der Waals surface area (Å²) in [5.74, 6) is 0.209. The molecule has 1 aromatic heterocycles. The van der Waals surface area contributed by atoms with Crippen molar-refractivity contribution in [2.75, 3.05) is 33.2 Å². The topological polar surface area (TPSA) is 53.4 Å². The number of carbonyl (C=O) groups excluding carboxylic acids is 1. The molecule has 1 atom stereocenters. The van der Waals surface area contributed by atoms with Gasteiger partial charge >= 0.3 is 0 Å². The molecule has 1 aromatic rings. The molecule has 134 valence electrons. The van der Waals surface area contributed by atoms with Crippen LogP contribution >= 0.6 is 0 Å². The molecule has 0 aliphatic carbocycles. The van der Waals surface area contributed by atoms with Crippen molar-refractivity contribution in [2.45, 2.75) is 58.2 Å². The molecule has 3 rings (SSSR count). The largest absolute Gasteiger partial charge is 0.353 e. The number of nitrogens with zero attached hydrogens (tertiary/aromatic N) is 4. The number of likely N-dealkylation sites (tertiary alicyclic amines) is 2. The van der Waals surface area contributed by atoms with Gasteiger partial charge in [-0.2, -0.15) is 0 Å². The molecule has 0 unspecified atom stereocenters. The maximum absolute atomic E-state index is 12.7. The first kappa shape index (κ1) is 17.4. The normalized spacial score (nSPS) is 23.7. The molecule has 2 saturated heterocycles. The number of nitrogens with one attached hydrogen (secondary N) is 1. The monoisotopic (exact) mass is 333 g/mol. The Kier molecular flexibility index (Phi) is 5.56. The Labute approximate surface area is 145 Å². The smallest absolute Gasteiger partial charge is 0.237 e. The van der Waals surface area contributed by atoms with Crippen molar-refractivity contribution in [2.24, 2.45) is 0 Å². The van der Waals surface area contributed by atoms with E-state index in [1.807, 2.05) is 13.3 Å². The highest BCUT2D eigenvalue weighted by Gasteiger charge is 2.36. The highest BCUT2D eigenvalue weighted by molar-refractivity contribution is 5.82. The van der Waals surface area contributed by atoms with Crippen LogP contribution in [-0.2, 0) is 11.3 Å². The molecule has 2 aliphatic heterocycles. The summed E-state index contributed by atoms with van der Waals surface area (Å²) in [6.45, 7) is 8.92. The molecule has 3 heterocycles. The number of hydrogen-bond acceptors (Lipinski definition) is 4. The average Bonchev–Trinajstić information content (AvgIpc) is 3.18. The van der Waals surface area contributed by atoms with Crippen LogP contribution in [0.15, 0.2) is 6.33 Å². The van der Waals surface area contributed by atoms with E-state index in [0.717, 1.165) is 44.7 Å². The van der Waals surface area contributed by atoms with E-state index in [2.05, 4.69) is 38.6 Å². The van der Waals surface area contributed by atoms with Crippen molar-refractivity contribution in [1.82, 2.24) is 24.7 Å². The summed E-state index contributed by atoms with van der Waals surface area (Å²) in [6.07, 6.45) is 6.38. The highest BCUT2D eigenvalue weighted by atomic mass is 16.2. The van der Waals surface area contributed by atoms with Gasteiger partial charge in [0.2, 0.25) is 5.91 Å². The van der Waals surface area contributed by atoms with Gasteiger partial charge in [-0.05, 0) is 66.2 Å². The van der Waals surface area contributed by atoms with Crippen LogP contribution in [0, 0.1) is 13.8 Å². The van der Waals surface area contributed by atoms with E-state index in [4.69, 9.17) is 0 Å². The van der Waals surface area contributed by atoms with E-state index in [9.17, 15) is 4.79 Å². The minimum atomic E-state index is 0.0732. The average molecular weight is 333 g/mol. The standard InChI is InChI=1S/C18H31N5O/c1-14-15(2)22(13-20-14)12-8-19-18(24)17-5-4-9-23(17)16-6-10-21(3)11-7-16/h13,16-17H,4-12H2,1-3H3,(H,19,24)/t17-/m0/s1. The zero-order chi connectivity index (χ0) is 17.1. The van der Waals surface area contributed by atoms with Gasteiger partial charge in [0.15, 0.2) is 0 Å². The van der Waals surface area contributed by atoms with Crippen molar-refractivity contribution >= 4 is 5.91 Å². The number of imidazole rings is 1. The van der Waals surface area contributed by atoms with Crippen LogP contribution in [-0.4, -0.2) is 70.6 Å². The van der Waals surface area contributed by atoms with E-state index in [1.54, 1.807) is 0 Å². The molecule has 1 amide bonds. The Morgan fingerprint density at radius 1 is 1.25 bits per heavy atom. The predicted molar refractivity (Wildman–Crippen MR) is 95.0 cm³/mol. The van der Waals surface area contributed by atoms with Gasteiger partial charge < -0.3 is 14.8 Å². The van der Waals surface area contributed by atoms with Crippen molar-refractivity contribution < 1.29 is 4.79 Å². The fraction of sp³-hybridized carbons (Fsp3) is 0.778. The van der Waals surface area contributed by atoms with Gasteiger partial charge in [0.1, 0.15) is 0 Å². The Hall–Kier alpha value is -1.40. The number of carbonyl (C=O) groups is 1. The summed E-state index contributed by atoms with van der Waals surface area (Å²) in [5, 5.41) is 3.15. The number of aromatic nitrogens is 2. The molecule has 2 aliphatic rings. The van der Waals surface area contributed by atoms with Crippen LogP contribution in [0.3, 0.4) is 0 Å². The second-order valence-corrected chi connectivity index (χ2v) is 7.33. The maximum Gasteiger partial charge on any atom is 0.237 e. The molecule has 2 fully saturated rings. The predicted octanol–water partition coefficient (Wildman–Crippen LogP) is 1.17. The summed E-state index contributed by atoms with van der Waals surface area (Å²) >= 11 is 0. The number of piperidine rings is 1. The lowest BCUT2D eigenvalue weighted by atomic mass is 10.0. The van der Waals surface area contributed by atoms with Gasteiger partial charge in [0.25, 0.3) is 0 Å². The van der Waals surface area contributed by atoms with Gasteiger partial charge in [0.05, 0.1) is 18.1 Å². The molecular formula is C18H31N5O. The summed E-state index contributed by atoms with van der Waals surface area (Å²) < 4.78 is 2.11. The van der Waals surface area contributed by atoms with Crippen LogP contribution in [0.1, 0.15) is 37.1 Å². The summed E-state index contributed by atoms with van der Waals surface area (Å²) in [5.41, 5.74) is 2.24. The lowest BCUT2D eigenvalue weighted by molar-refractivity contribution is -0.126. The Morgan fingerprint density at radius 3 is 2.67 bits per heavy atom. The maximum atomic E-state index is 12.7. The van der Waals surface area contributed by atoms with Crippen LogP contribution in [0.5, 0.6) is 0 Å². The Morgan fingerprint density at radius 2 is 2.00 bits per heavy atom. The molecule has 0 spiro atoms. The molecule has 0 bridgehead atoms. The fourth-order valence-corrected chi connectivity index (χ4v) is 4.02. The minimum absolute atomic E-state index is 0.0732. The van der Waals surface area contributed by atoms with Crippen molar-refractivity contribution in [3.8, 4) is 0 Å². The fourth-order valence-electron chi connectivity index (χ4n) is 4.02.